The van der Waals surface area contributed by atoms with E-state index in [9.17, 15) is 5.11 Å². The van der Waals surface area contributed by atoms with Crippen LogP contribution in [0.5, 0.6) is 5.75 Å². The molecule has 20 heavy (non-hydrogen) atoms. The Morgan fingerprint density at radius 3 is 2.45 bits per heavy atom. The Bertz CT molecular complexity index is 472. The molecule has 0 unspecified atom stereocenters. The summed E-state index contributed by atoms with van der Waals surface area (Å²) in [6.45, 7) is 16.8. The van der Waals surface area contributed by atoms with Crippen molar-refractivity contribution in [3.05, 3.63) is 42.0 Å². The van der Waals surface area contributed by atoms with Gasteiger partial charge in [-0.15, -0.1) is 6.58 Å². The smallest absolute Gasteiger partial charge is 0.250 e. The summed E-state index contributed by atoms with van der Waals surface area (Å²) in [4.78, 5) is 0. The Kier molecular flexibility index (Phi) is 5.22. The quantitative estimate of drug-likeness (QED) is 0.612. The van der Waals surface area contributed by atoms with Crippen molar-refractivity contribution >= 4 is 8.32 Å². The van der Waals surface area contributed by atoms with Gasteiger partial charge in [0.2, 0.25) is 8.32 Å². The maximum atomic E-state index is 10.2. The van der Waals surface area contributed by atoms with Crippen molar-refractivity contribution in [3.63, 3.8) is 0 Å². The summed E-state index contributed by atoms with van der Waals surface area (Å²) in [5, 5.41) is 10.3. The first kappa shape index (κ1) is 17.0. The van der Waals surface area contributed by atoms with Gasteiger partial charge in [0.05, 0.1) is 6.10 Å². The van der Waals surface area contributed by atoms with E-state index >= 15 is 0 Å². The zero-order valence-electron chi connectivity index (χ0n) is 13.7. The molecular weight excluding hydrogens is 264 g/mol. The molecule has 0 fully saturated rings. The van der Waals surface area contributed by atoms with E-state index in [2.05, 4.69) is 40.4 Å². The third-order valence-corrected chi connectivity index (χ3v) is 8.54. The second-order valence-corrected chi connectivity index (χ2v) is 11.6. The van der Waals surface area contributed by atoms with Crippen LogP contribution in [0.4, 0.5) is 0 Å². The van der Waals surface area contributed by atoms with Gasteiger partial charge in [-0.05, 0) is 54.7 Å². The zero-order valence-corrected chi connectivity index (χ0v) is 14.7. The number of aliphatic hydroxyl groups excluding tert-OH is 1. The van der Waals surface area contributed by atoms with Gasteiger partial charge in [-0.25, -0.2) is 0 Å². The van der Waals surface area contributed by atoms with Gasteiger partial charge in [0.25, 0.3) is 0 Å². The minimum absolute atomic E-state index is 0.164. The lowest BCUT2D eigenvalue weighted by Crippen LogP contribution is -2.43. The summed E-state index contributed by atoms with van der Waals surface area (Å²) in [7, 11) is -1.84. The third-order valence-electron chi connectivity index (χ3n) is 4.18. The topological polar surface area (TPSA) is 29.5 Å². The van der Waals surface area contributed by atoms with Crippen LogP contribution >= 0.6 is 0 Å². The van der Waals surface area contributed by atoms with Crippen molar-refractivity contribution in [2.24, 2.45) is 0 Å². The summed E-state index contributed by atoms with van der Waals surface area (Å²) >= 11 is 0. The molecule has 0 spiro atoms. The molecule has 1 rings (SSSR count). The van der Waals surface area contributed by atoms with Gasteiger partial charge >= 0.3 is 0 Å². The van der Waals surface area contributed by atoms with Gasteiger partial charge < -0.3 is 9.53 Å². The van der Waals surface area contributed by atoms with Crippen LogP contribution < -0.4 is 4.43 Å². The van der Waals surface area contributed by atoms with Crippen LogP contribution in [-0.4, -0.2) is 13.4 Å². The highest BCUT2D eigenvalue weighted by atomic mass is 28.4. The average Bonchev–Trinajstić information content (AvgIpc) is 2.30. The monoisotopic (exact) mass is 292 g/mol. The molecule has 0 aromatic heterocycles. The molecule has 0 aliphatic rings. The molecule has 1 aromatic rings. The van der Waals surface area contributed by atoms with Crippen LogP contribution in [0, 0.1) is 6.92 Å². The van der Waals surface area contributed by atoms with Gasteiger partial charge in [0, 0.05) is 0 Å². The van der Waals surface area contributed by atoms with E-state index in [1.54, 1.807) is 6.08 Å². The van der Waals surface area contributed by atoms with E-state index in [1.807, 2.05) is 25.1 Å². The van der Waals surface area contributed by atoms with Gasteiger partial charge in [0.15, 0.2) is 0 Å². The molecule has 0 bridgehead atoms. The van der Waals surface area contributed by atoms with Crippen LogP contribution in [0.1, 0.15) is 44.4 Å². The summed E-state index contributed by atoms with van der Waals surface area (Å²) in [6.07, 6.45) is 1.80. The van der Waals surface area contributed by atoms with Gasteiger partial charge in [-0.3, -0.25) is 0 Å². The van der Waals surface area contributed by atoms with Crippen LogP contribution in [0.2, 0.25) is 18.1 Å². The normalized spacial score (nSPS) is 13.9. The largest absolute Gasteiger partial charge is 0.543 e. The van der Waals surface area contributed by atoms with Gasteiger partial charge in [0.1, 0.15) is 5.75 Å². The number of hydrogen-bond donors (Lipinski definition) is 1. The SMILES string of the molecule is C=CC[C@H](O)c1cc(O[Si](C)(C)C(C)(C)C)ccc1C. The molecular formula is C17H28O2Si. The Balaban J connectivity index is 3.04. The molecule has 0 heterocycles. The summed E-state index contributed by atoms with van der Waals surface area (Å²) < 4.78 is 6.29. The molecule has 0 saturated heterocycles. The second kappa shape index (κ2) is 6.14. The highest BCUT2D eigenvalue weighted by Gasteiger charge is 2.39. The third kappa shape index (κ3) is 3.97. The maximum absolute atomic E-state index is 10.2. The van der Waals surface area contributed by atoms with Crippen molar-refractivity contribution in [3.8, 4) is 5.75 Å². The highest BCUT2D eigenvalue weighted by Crippen LogP contribution is 2.38. The van der Waals surface area contributed by atoms with E-state index in [4.69, 9.17) is 4.43 Å². The average molecular weight is 292 g/mol. The first-order valence-electron chi connectivity index (χ1n) is 7.17. The molecule has 1 N–H and O–H groups in total. The number of rotatable bonds is 5. The lowest BCUT2D eigenvalue weighted by Gasteiger charge is -2.36. The van der Waals surface area contributed by atoms with E-state index in [1.165, 1.54) is 0 Å². The summed E-state index contributed by atoms with van der Waals surface area (Å²) in [5.74, 6) is 0.861. The van der Waals surface area contributed by atoms with Crippen molar-refractivity contribution in [1.29, 1.82) is 0 Å². The number of aryl methyl sites for hydroxylation is 1. The maximum Gasteiger partial charge on any atom is 0.250 e. The Labute approximate surface area is 124 Å². The molecule has 112 valence electrons. The fraction of sp³-hybridized carbons (Fsp3) is 0.529. The number of aliphatic hydroxyl groups is 1. The number of benzene rings is 1. The van der Waals surface area contributed by atoms with E-state index < -0.39 is 14.4 Å². The first-order valence-corrected chi connectivity index (χ1v) is 10.1. The predicted octanol–water partition coefficient (Wildman–Crippen LogP) is 4.99. The highest BCUT2D eigenvalue weighted by molar-refractivity contribution is 6.74. The molecule has 0 aliphatic heterocycles. The fourth-order valence-corrected chi connectivity index (χ4v) is 2.80. The van der Waals surface area contributed by atoms with Crippen LogP contribution in [-0.2, 0) is 0 Å². The molecule has 3 heteroatoms. The number of hydrogen-bond acceptors (Lipinski definition) is 2. The van der Waals surface area contributed by atoms with E-state index in [0.717, 1.165) is 16.9 Å². The second-order valence-electron chi connectivity index (χ2n) is 6.92. The lowest BCUT2D eigenvalue weighted by atomic mass is 10.0. The minimum atomic E-state index is -1.84. The van der Waals surface area contributed by atoms with E-state index in [0.29, 0.717) is 6.42 Å². The predicted molar refractivity (Wildman–Crippen MR) is 88.8 cm³/mol. The summed E-state index contributed by atoms with van der Waals surface area (Å²) in [5.41, 5.74) is 2.02. The van der Waals surface area contributed by atoms with Gasteiger partial charge in [-0.1, -0.05) is 32.9 Å². The van der Waals surface area contributed by atoms with Crippen LogP contribution in [0.15, 0.2) is 30.9 Å². The van der Waals surface area contributed by atoms with Crippen molar-refractivity contribution < 1.29 is 9.53 Å². The fourth-order valence-electron chi connectivity index (χ4n) is 1.77. The molecule has 0 amide bonds. The zero-order chi connectivity index (χ0) is 15.6. The first-order chi connectivity index (χ1) is 9.08. The molecule has 1 atom stereocenters. The summed E-state index contributed by atoms with van der Waals surface area (Å²) in [6, 6.07) is 5.99. The molecule has 1 aromatic carbocycles. The van der Waals surface area contributed by atoms with E-state index in [-0.39, 0.29) is 5.04 Å². The Morgan fingerprint density at radius 2 is 1.95 bits per heavy atom. The van der Waals surface area contributed by atoms with Gasteiger partial charge in [-0.2, -0.15) is 0 Å². The van der Waals surface area contributed by atoms with Crippen LogP contribution in [0.25, 0.3) is 0 Å². The Hall–Kier alpha value is -1.06. The molecule has 0 saturated carbocycles. The van der Waals surface area contributed by atoms with Crippen molar-refractivity contribution in [1.82, 2.24) is 0 Å². The Morgan fingerprint density at radius 1 is 1.35 bits per heavy atom. The standard InChI is InChI=1S/C17H28O2Si/c1-8-9-16(18)15-12-14(11-10-13(15)2)19-20(6,7)17(3,4)5/h8,10-12,16,18H,1,9H2,2-7H3/t16-/m0/s1. The van der Waals surface area contributed by atoms with Crippen molar-refractivity contribution in [2.75, 3.05) is 0 Å². The lowest BCUT2D eigenvalue weighted by molar-refractivity contribution is 0.180. The molecule has 0 aliphatic carbocycles. The molecule has 0 radical (unpaired) electrons. The van der Waals surface area contributed by atoms with Crippen molar-refractivity contribution in [2.45, 2.75) is 58.4 Å². The minimum Gasteiger partial charge on any atom is -0.543 e. The van der Waals surface area contributed by atoms with Crippen LogP contribution in [0.3, 0.4) is 0 Å². The molecule has 2 nitrogen and oxygen atoms in total.